The molecule has 1 rings (SSSR count). The molecule has 0 heterocycles. The van der Waals surface area contributed by atoms with Crippen molar-refractivity contribution in [1.29, 1.82) is 0 Å². The molecule has 1 aromatic carbocycles. The van der Waals surface area contributed by atoms with E-state index in [1.165, 1.54) is 0 Å². The molecule has 0 aliphatic rings. The van der Waals surface area contributed by atoms with E-state index in [4.69, 9.17) is 58.0 Å². The van der Waals surface area contributed by atoms with Gasteiger partial charge in [-0.1, -0.05) is 58.0 Å². The topological polar surface area (TPSA) is 0 Å². The van der Waals surface area contributed by atoms with E-state index in [1.54, 1.807) is 0 Å². The van der Waals surface area contributed by atoms with Crippen LogP contribution >= 0.6 is 70.6 Å². The van der Waals surface area contributed by atoms with Gasteiger partial charge < -0.3 is 0 Å². The molecule has 0 bridgehead atoms. The van der Waals surface area contributed by atoms with Crippen molar-refractivity contribution < 1.29 is 29.6 Å². The van der Waals surface area contributed by atoms with E-state index in [0.717, 1.165) is 0 Å². The molecule has 0 N–H and O–H groups in total. The predicted molar refractivity (Wildman–Crippen MR) is 58.7 cm³/mol. The minimum Gasteiger partial charge on any atom is -0.140 e. The van der Waals surface area contributed by atoms with Crippen LogP contribution in [0.3, 0.4) is 0 Å². The second kappa shape index (κ2) is 5.93. The van der Waals surface area contributed by atoms with Gasteiger partial charge in [0, 0.05) is 4.90 Å². The third-order valence-electron chi connectivity index (χ3n) is 1.19. The van der Waals surface area contributed by atoms with Crippen LogP contribution in [0.1, 0.15) is 0 Å². The molecular formula is C6HCl5NaS+. The van der Waals surface area contributed by atoms with Gasteiger partial charge in [-0.3, -0.25) is 0 Å². The molecule has 0 saturated heterocycles. The maximum absolute atomic E-state index is 5.72. The minimum atomic E-state index is 0. The van der Waals surface area contributed by atoms with E-state index in [9.17, 15) is 0 Å². The summed E-state index contributed by atoms with van der Waals surface area (Å²) in [5, 5.41) is 0.889. The summed E-state index contributed by atoms with van der Waals surface area (Å²) in [5.74, 6) is 0. The molecule has 66 valence electrons. The predicted octanol–water partition coefficient (Wildman–Crippen LogP) is 2.25. The Balaban J connectivity index is 0.00000144. The van der Waals surface area contributed by atoms with E-state index in [0.29, 0.717) is 4.90 Å². The van der Waals surface area contributed by atoms with Crippen LogP contribution < -0.4 is 29.6 Å². The Kier molecular flexibility index (Phi) is 6.85. The molecule has 0 radical (unpaired) electrons. The molecule has 0 amide bonds. The first-order valence-electron chi connectivity index (χ1n) is 2.67. The molecule has 0 fully saturated rings. The second-order valence-corrected chi connectivity index (χ2v) is 4.26. The van der Waals surface area contributed by atoms with Gasteiger partial charge in [0.25, 0.3) is 0 Å². The Hall–Kier alpha value is 2.02. The molecule has 13 heavy (non-hydrogen) atoms. The van der Waals surface area contributed by atoms with Crippen LogP contribution in [0.15, 0.2) is 4.90 Å². The van der Waals surface area contributed by atoms with E-state index in [-0.39, 0.29) is 54.7 Å². The summed E-state index contributed by atoms with van der Waals surface area (Å²) < 4.78 is 0. The zero-order valence-electron chi connectivity index (χ0n) is 6.34. The van der Waals surface area contributed by atoms with Crippen LogP contribution in [-0.4, -0.2) is 0 Å². The third kappa shape index (κ3) is 2.99. The van der Waals surface area contributed by atoms with Crippen molar-refractivity contribution in [3.8, 4) is 0 Å². The van der Waals surface area contributed by atoms with E-state index >= 15 is 0 Å². The largest absolute Gasteiger partial charge is 1.00 e. The summed E-state index contributed by atoms with van der Waals surface area (Å²) in [6.07, 6.45) is 0. The number of benzene rings is 1. The number of thiol groups is 1. The normalized spacial score (nSPS) is 9.69. The van der Waals surface area contributed by atoms with Crippen molar-refractivity contribution in [3.63, 3.8) is 0 Å². The second-order valence-electron chi connectivity index (χ2n) is 1.92. The van der Waals surface area contributed by atoms with Crippen molar-refractivity contribution in [3.05, 3.63) is 25.1 Å². The Morgan fingerprint density at radius 2 is 0.846 bits per heavy atom. The van der Waals surface area contributed by atoms with Crippen molar-refractivity contribution in [1.82, 2.24) is 0 Å². The first-order chi connectivity index (χ1) is 5.46. The maximum atomic E-state index is 5.72. The van der Waals surface area contributed by atoms with Gasteiger partial charge in [-0.25, -0.2) is 0 Å². The minimum absolute atomic E-state index is 0. The number of halogens is 5. The van der Waals surface area contributed by atoms with E-state index in [1.807, 2.05) is 0 Å². The molecule has 0 aliphatic heterocycles. The first kappa shape index (κ1) is 15.0. The number of hydrogen-bond acceptors (Lipinski definition) is 1. The molecule has 0 aromatic heterocycles. The smallest absolute Gasteiger partial charge is 0.140 e. The SMILES string of the molecule is Sc1c(Cl)c(Cl)c(Cl)c(Cl)c1Cl.[Na+]. The van der Waals surface area contributed by atoms with Gasteiger partial charge in [0.1, 0.15) is 0 Å². The molecular weight excluding hydrogens is 304 g/mol. The summed E-state index contributed by atoms with van der Waals surface area (Å²) in [6.45, 7) is 0. The Bertz CT molecular complexity index is 235. The van der Waals surface area contributed by atoms with Gasteiger partial charge in [-0.05, 0) is 0 Å². The summed E-state index contributed by atoms with van der Waals surface area (Å²) in [4.78, 5) is 0.331. The fourth-order valence-corrected chi connectivity index (χ4v) is 2.09. The quantitative estimate of drug-likeness (QED) is 0.323. The van der Waals surface area contributed by atoms with Crippen molar-refractivity contribution in [2.75, 3.05) is 0 Å². The van der Waals surface area contributed by atoms with E-state index < -0.39 is 0 Å². The number of hydrogen-bond donors (Lipinski definition) is 1. The molecule has 0 atom stereocenters. The molecule has 0 spiro atoms. The van der Waals surface area contributed by atoms with Gasteiger partial charge in [0.2, 0.25) is 0 Å². The molecule has 0 saturated carbocycles. The summed E-state index contributed by atoms with van der Waals surface area (Å²) in [6, 6.07) is 0. The molecule has 0 unspecified atom stereocenters. The Morgan fingerprint density at radius 3 is 1.15 bits per heavy atom. The molecule has 1 aromatic rings. The van der Waals surface area contributed by atoms with Gasteiger partial charge in [-0.15, -0.1) is 12.6 Å². The van der Waals surface area contributed by atoms with E-state index in [2.05, 4.69) is 12.6 Å². The average molecular weight is 305 g/mol. The fourth-order valence-electron chi connectivity index (χ4n) is 0.593. The van der Waals surface area contributed by atoms with Crippen LogP contribution in [-0.2, 0) is 0 Å². The number of rotatable bonds is 0. The Labute approximate surface area is 129 Å². The average Bonchev–Trinajstić information content (AvgIpc) is 2.08. The van der Waals surface area contributed by atoms with Crippen LogP contribution in [0.2, 0.25) is 25.1 Å². The zero-order valence-corrected chi connectivity index (χ0v) is 13.0. The summed E-state index contributed by atoms with van der Waals surface area (Å²) in [7, 11) is 0. The van der Waals surface area contributed by atoms with Crippen LogP contribution in [0, 0.1) is 0 Å². The zero-order chi connectivity index (χ0) is 9.46. The summed E-state index contributed by atoms with van der Waals surface area (Å²) >= 11 is 32.6. The monoisotopic (exact) mass is 303 g/mol. The molecule has 0 nitrogen and oxygen atoms in total. The summed E-state index contributed by atoms with van der Waals surface area (Å²) in [5.41, 5.74) is 0. The van der Waals surface area contributed by atoms with Gasteiger partial charge in [0.15, 0.2) is 0 Å². The third-order valence-corrected chi connectivity index (χ3v) is 4.17. The van der Waals surface area contributed by atoms with Gasteiger partial charge in [-0.2, -0.15) is 0 Å². The van der Waals surface area contributed by atoms with Gasteiger partial charge in [0.05, 0.1) is 25.1 Å². The molecule has 0 aliphatic carbocycles. The van der Waals surface area contributed by atoms with Crippen molar-refractivity contribution >= 4 is 70.6 Å². The van der Waals surface area contributed by atoms with Crippen molar-refractivity contribution in [2.24, 2.45) is 0 Å². The standard InChI is InChI=1S/C6HCl5S.Na/c7-1-2(8)4(10)6(12)5(11)3(1)9;/h12H;/q;+1. The van der Waals surface area contributed by atoms with Crippen LogP contribution in [0.5, 0.6) is 0 Å². The van der Waals surface area contributed by atoms with Crippen LogP contribution in [0.4, 0.5) is 0 Å². The van der Waals surface area contributed by atoms with Crippen LogP contribution in [0.25, 0.3) is 0 Å². The molecule has 7 heteroatoms. The fraction of sp³-hybridized carbons (Fsp3) is 0. The van der Waals surface area contributed by atoms with Crippen molar-refractivity contribution in [2.45, 2.75) is 4.90 Å². The van der Waals surface area contributed by atoms with Gasteiger partial charge >= 0.3 is 29.6 Å². The maximum Gasteiger partial charge on any atom is 1.00 e. The first-order valence-corrected chi connectivity index (χ1v) is 5.01. The Morgan fingerprint density at radius 1 is 0.615 bits per heavy atom.